The number of ether oxygens (including phenoxy) is 7. The van der Waals surface area contributed by atoms with Crippen molar-refractivity contribution in [1.29, 1.82) is 0 Å². The third kappa shape index (κ3) is 31.7. The predicted octanol–water partition coefficient (Wildman–Crippen LogP) is 5.43. The Balaban J connectivity index is 2.99. The molecule has 0 amide bonds. The third-order valence-electron chi connectivity index (χ3n) is 5.33. The van der Waals surface area contributed by atoms with Crippen LogP contribution in [0.25, 0.3) is 0 Å². The van der Waals surface area contributed by atoms with Crippen LogP contribution in [-0.4, -0.2) is 92.5 Å². The van der Waals surface area contributed by atoms with E-state index in [9.17, 15) is 0 Å². The summed E-state index contributed by atoms with van der Waals surface area (Å²) >= 11 is 0. The summed E-state index contributed by atoms with van der Waals surface area (Å²) < 4.78 is 38.1. The second-order valence-electron chi connectivity index (χ2n) is 8.41. The van der Waals surface area contributed by atoms with Crippen LogP contribution in [0.1, 0.15) is 84.5 Å². The maximum Gasteiger partial charge on any atom is 0.0701 e. The Kier molecular flexibility index (Phi) is 32.5. The zero-order chi connectivity index (χ0) is 24.6. The largest absolute Gasteiger partial charge is 0.379 e. The molecule has 0 spiro atoms. The van der Waals surface area contributed by atoms with Crippen LogP contribution in [0.3, 0.4) is 0 Å². The molecule has 0 rings (SSSR count). The molecule has 0 atom stereocenters. The van der Waals surface area contributed by atoms with Gasteiger partial charge in [-0.15, -0.1) is 0 Å². The Hall–Kier alpha value is -0.280. The number of hydrogen-bond acceptors (Lipinski definition) is 7. The second-order valence-corrected chi connectivity index (χ2v) is 8.41. The highest BCUT2D eigenvalue weighted by molar-refractivity contribution is 4.48. The molecule has 34 heavy (non-hydrogen) atoms. The number of unbranched alkanes of at least 4 members (excludes halogenated alkanes) is 10. The fraction of sp³-hybridized carbons (Fsp3) is 1.00. The van der Waals surface area contributed by atoms with Crippen LogP contribution in [0.15, 0.2) is 0 Å². The lowest BCUT2D eigenvalue weighted by molar-refractivity contribution is -0.0202. The van der Waals surface area contributed by atoms with E-state index in [0.29, 0.717) is 79.3 Å². The lowest BCUT2D eigenvalue weighted by atomic mass is 10.1. The quantitative estimate of drug-likeness (QED) is 0.120. The van der Waals surface area contributed by atoms with E-state index < -0.39 is 0 Å². The summed E-state index contributed by atoms with van der Waals surface area (Å²) in [6, 6.07) is 0. The van der Waals surface area contributed by atoms with Crippen LogP contribution in [0.5, 0.6) is 0 Å². The molecule has 0 radical (unpaired) electrons. The third-order valence-corrected chi connectivity index (χ3v) is 5.33. The Labute approximate surface area is 210 Å². The normalized spacial score (nSPS) is 11.5. The molecule has 7 nitrogen and oxygen atoms in total. The van der Waals surface area contributed by atoms with Crippen LogP contribution in [-0.2, 0) is 33.2 Å². The zero-order valence-electron chi connectivity index (χ0n) is 22.5. The summed E-state index contributed by atoms with van der Waals surface area (Å²) in [5, 5.41) is 0. The van der Waals surface area contributed by atoms with E-state index in [-0.39, 0.29) is 0 Å². The molecule has 0 N–H and O–H groups in total. The molecule has 0 heterocycles. The minimum atomic E-state index is 0.565. The molecule has 0 aromatic rings. The van der Waals surface area contributed by atoms with Gasteiger partial charge in [0.25, 0.3) is 0 Å². The fourth-order valence-corrected chi connectivity index (χ4v) is 3.33. The van der Waals surface area contributed by atoms with Crippen LogP contribution in [0, 0.1) is 0 Å². The van der Waals surface area contributed by atoms with Gasteiger partial charge in [-0.1, -0.05) is 71.1 Å². The molecule has 0 aliphatic heterocycles. The SMILES string of the molecule is CCCCCCCCCCCCCOCCOCCOCCOCCOCCOCCOCC. The molecule has 206 valence electrons. The van der Waals surface area contributed by atoms with Gasteiger partial charge >= 0.3 is 0 Å². The minimum Gasteiger partial charge on any atom is -0.379 e. The molecule has 0 bridgehead atoms. The van der Waals surface area contributed by atoms with Crippen molar-refractivity contribution < 1.29 is 33.2 Å². The van der Waals surface area contributed by atoms with Crippen LogP contribution in [0.2, 0.25) is 0 Å². The summed E-state index contributed by atoms with van der Waals surface area (Å²) in [4.78, 5) is 0. The van der Waals surface area contributed by atoms with E-state index >= 15 is 0 Å². The first-order valence-electron chi connectivity index (χ1n) is 14.0. The van der Waals surface area contributed by atoms with Crippen molar-refractivity contribution in [3.8, 4) is 0 Å². The molecule has 0 aromatic heterocycles. The molecule has 0 unspecified atom stereocenters. The summed E-state index contributed by atoms with van der Waals surface area (Å²) in [6.07, 6.45) is 15.0. The maximum atomic E-state index is 5.63. The van der Waals surface area contributed by atoms with Crippen molar-refractivity contribution in [2.75, 3.05) is 92.5 Å². The fourth-order valence-electron chi connectivity index (χ4n) is 3.33. The van der Waals surface area contributed by atoms with Crippen molar-refractivity contribution in [2.24, 2.45) is 0 Å². The van der Waals surface area contributed by atoms with Crippen LogP contribution >= 0.6 is 0 Å². The first-order chi connectivity index (χ1) is 16.9. The van der Waals surface area contributed by atoms with E-state index in [2.05, 4.69) is 6.92 Å². The lowest BCUT2D eigenvalue weighted by Gasteiger charge is -2.08. The molecule has 0 fully saturated rings. The Morgan fingerprint density at radius 2 is 0.529 bits per heavy atom. The zero-order valence-corrected chi connectivity index (χ0v) is 22.5. The van der Waals surface area contributed by atoms with Crippen molar-refractivity contribution in [2.45, 2.75) is 84.5 Å². The first-order valence-corrected chi connectivity index (χ1v) is 14.0. The van der Waals surface area contributed by atoms with Gasteiger partial charge in [-0.25, -0.2) is 0 Å². The predicted molar refractivity (Wildman–Crippen MR) is 138 cm³/mol. The molecule has 0 aliphatic carbocycles. The van der Waals surface area contributed by atoms with Crippen molar-refractivity contribution in [3.05, 3.63) is 0 Å². The van der Waals surface area contributed by atoms with Gasteiger partial charge in [-0.3, -0.25) is 0 Å². The smallest absolute Gasteiger partial charge is 0.0701 e. The standard InChI is InChI=1S/C27H56O7/c1-3-5-6-7-8-9-10-11-12-13-14-15-29-18-19-31-22-23-33-26-27-34-25-24-32-21-20-30-17-16-28-4-2/h3-27H2,1-2H3. The molecule has 7 heteroatoms. The van der Waals surface area contributed by atoms with Gasteiger partial charge < -0.3 is 33.2 Å². The first kappa shape index (κ1) is 33.7. The van der Waals surface area contributed by atoms with E-state index in [4.69, 9.17) is 33.2 Å². The van der Waals surface area contributed by atoms with Gasteiger partial charge in [-0.2, -0.15) is 0 Å². The molecular formula is C27H56O7. The average molecular weight is 493 g/mol. The summed E-state index contributed by atoms with van der Waals surface area (Å²) in [5.41, 5.74) is 0. The molecule has 0 aliphatic rings. The van der Waals surface area contributed by atoms with Gasteiger partial charge in [0.2, 0.25) is 0 Å². The Morgan fingerprint density at radius 3 is 0.853 bits per heavy atom. The highest BCUT2D eigenvalue weighted by Gasteiger charge is 1.96. The average Bonchev–Trinajstić information content (AvgIpc) is 2.85. The van der Waals surface area contributed by atoms with Gasteiger partial charge in [0, 0.05) is 13.2 Å². The molecular weight excluding hydrogens is 436 g/mol. The van der Waals surface area contributed by atoms with Crippen LogP contribution in [0.4, 0.5) is 0 Å². The maximum absolute atomic E-state index is 5.63. The van der Waals surface area contributed by atoms with E-state index in [1.165, 1.54) is 64.2 Å². The van der Waals surface area contributed by atoms with Crippen LogP contribution < -0.4 is 0 Å². The summed E-state index contributed by atoms with van der Waals surface area (Å²) in [5.74, 6) is 0. The summed E-state index contributed by atoms with van der Waals surface area (Å²) in [7, 11) is 0. The summed E-state index contributed by atoms with van der Waals surface area (Å²) in [6.45, 7) is 13.0. The van der Waals surface area contributed by atoms with Gasteiger partial charge in [0.05, 0.1) is 79.3 Å². The Bertz CT molecular complexity index is 313. The van der Waals surface area contributed by atoms with E-state index in [0.717, 1.165) is 19.6 Å². The van der Waals surface area contributed by atoms with Gasteiger partial charge in [-0.05, 0) is 13.3 Å². The van der Waals surface area contributed by atoms with Crippen molar-refractivity contribution >= 4 is 0 Å². The number of rotatable bonds is 31. The topological polar surface area (TPSA) is 64.6 Å². The van der Waals surface area contributed by atoms with E-state index in [1.807, 2.05) is 6.92 Å². The second kappa shape index (κ2) is 32.7. The molecule has 0 saturated carbocycles. The number of hydrogen-bond donors (Lipinski definition) is 0. The Morgan fingerprint density at radius 1 is 0.265 bits per heavy atom. The highest BCUT2D eigenvalue weighted by atomic mass is 16.6. The highest BCUT2D eigenvalue weighted by Crippen LogP contribution is 2.11. The monoisotopic (exact) mass is 492 g/mol. The molecule has 0 aromatic carbocycles. The van der Waals surface area contributed by atoms with Gasteiger partial charge in [0.15, 0.2) is 0 Å². The van der Waals surface area contributed by atoms with Crippen molar-refractivity contribution in [3.63, 3.8) is 0 Å². The lowest BCUT2D eigenvalue weighted by Crippen LogP contribution is -2.14. The van der Waals surface area contributed by atoms with Crippen molar-refractivity contribution in [1.82, 2.24) is 0 Å². The molecule has 0 saturated heterocycles. The minimum absolute atomic E-state index is 0.565. The van der Waals surface area contributed by atoms with Gasteiger partial charge in [0.1, 0.15) is 0 Å². The van der Waals surface area contributed by atoms with E-state index in [1.54, 1.807) is 0 Å².